The van der Waals surface area contributed by atoms with Crippen molar-refractivity contribution in [2.24, 2.45) is 0 Å². The monoisotopic (exact) mass is 728 g/mol. The largest absolute Gasteiger partial charge is 0.472 e. The molecule has 0 amide bonds. The van der Waals surface area contributed by atoms with E-state index >= 15 is 0 Å². The van der Waals surface area contributed by atoms with Crippen molar-refractivity contribution >= 4 is 19.8 Å². The second-order valence-corrected chi connectivity index (χ2v) is 13.2. The van der Waals surface area contributed by atoms with Gasteiger partial charge in [-0.3, -0.25) is 18.6 Å². The predicted octanol–water partition coefficient (Wildman–Crippen LogP) is 4.43. The minimum Gasteiger partial charge on any atom is -0.462 e. The van der Waals surface area contributed by atoms with Crippen LogP contribution in [0.5, 0.6) is 0 Å². The standard InChI is InChI=1S/C36H57O13P/c1-3-5-7-9-11-13-14-15-16-17-19-21-23-25-30(38)48-28(26-46-29(37)24-22-20-18-12-10-8-6-4-2)27-47-50(44,45)49-36-34(42)32(40)31(39)33(41)35(36)43/h5,7,9,11,13-20,28,31-36,39-43H,3-4,6,8,10,12,21-27H2,1-2H3,(H,44,45)/b7-5+,11-9+,14-13+,16-15+,19-17+,20-18+/t28?,31?,32-,33?,34?,35?,36?/m1/s1. The molecule has 0 heterocycles. The first-order chi connectivity index (χ1) is 23.9. The summed E-state index contributed by atoms with van der Waals surface area (Å²) in [6.07, 6.45) is 17.5. The molecule has 13 nitrogen and oxygen atoms in total. The van der Waals surface area contributed by atoms with Crippen LogP contribution in [0.1, 0.15) is 84.5 Å². The number of aliphatic hydroxyl groups excluding tert-OH is 5. The van der Waals surface area contributed by atoms with Crippen LogP contribution in [-0.4, -0.2) is 98.3 Å². The van der Waals surface area contributed by atoms with Crippen molar-refractivity contribution in [2.75, 3.05) is 13.2 Å². The van der Waals surface area contributed by atoms with Gasteiger partial charge in [0.2, 0.25) is 0 Å². The first-order valence-corrected chi connectivity index (χ1v) is 18.8. The summed E-state index contributed by atoms with van der Waals surface area (Å²) in [6.45, 7) is 2.93. The number of aliphatic hydroxyl groups is 5. The summed E-state index contributed by atoms with van der Waals surface area (Å²) < 4.78 is 33.0. The minimum atomic E-state index is -5.13. The predicted molar refractivity (Wildman–Crippen MR) is 188 cm³/mol. The Morgan fingerprint density at radius 3 is 1.82 bits per heavy atom. The van der Waals surface area contributed by atoms with Gasteiger partial charge in [-0.2, -0.15) is 0 Å². The Balaban J connectivity index is 2.69. The van der Waals surface area contributed by atoms with Crippen LogP contribution in [0, 0.1) is 0 Å². The third kappa shape index (κ3) is 20.2. The lowest BCUT2D eigenvalue weighted by molar-refractivity contribution is -0.220. The third-order valence-electron chi connectivity index (χ3n) is 7.42. The molecule has 0 spiro atoms. The quantitative estimate of drug-likeness (QED) is 0.0253. The van der Waals surface area contributed by atoms with Gasteiger partial charge >= 0.3 is 19.8 Å². The number of ether oxygens (including phenoxy) is 2. The second-order valence-electron chi connectivity index (χ2n) is 11.8. The van der Waals surface area contributed by atoms with Gasteiger partial charge in [0.15, 0.2) is 6.10 Å². The molecule has 6 N–H and O–H groups in total. The number of phosphoric acid groups is 1. The van der Waals surface area contributed by atoms with Crippen molar-refractivity contribution in [2.45, 2.75) is 127 Å². The number of unbranched alkanes of at least 4 members (excludes halogenated alkanes) is 5. The van der Waals surface area contributed by atoms with E-state index in [2.05, 4.69) is 13.8 Å². The summed E-state index contributed by atoms with van der Waals surface area (Å²) in [4.78, 5) is 35.2. The number of carbonyl (C=O) groups excluding carboxylic acids is 2. The molecule has 7 unspecified atom stereocenters. The van der Waals surface area contributed by atoms with E-state index in [4.69, 9.17) is 18.5 Å². The zero-order valence-electron chi connectivity index (χ0n) is 29.2. The molecular weight excluding hydrogens is 671 g/mol. The Labute approximate surface area is 295 Å². The second kappa shape index (κ2) is 27.0. The van der Waals surface area contributed by atoms with Gasteiger partial charge in [0.25, 0.3) is 0 Å². The zero-order chi connectivity index (χ0) is 37.2. The molecule has 0 bridgehead atoms. The number of allylic oxidation sites excluding steroid dienone is 12. The summed E-state index contributed by atoms with van der Waals surface area (Å²) in [5.74, 6) is -1.26. The summed E-state index contributed by atoms with van der Waals surface area (Å²) in [5.41, 5.74) is 0. The number of phosphoric ester groups is 1. The average Bonchev–Trinajstić information content (AvgIpc) is 3.09. The number of carbonyl (C=O) groups is 2. The maximum absolute atomic E-state index is 12.7. The molecule has 14 heteroatoms. The van der Waals surface area contributed by atoms with Gasteiger partial charge in [-0.25, -0.2) is 4.57 Å². The first-order valence-electron chi connectivity index (χ1n) is 17.3. The fourth-order valence-electron chi connectivity index (χ4n) is 4.57. The Morgan fingerprint density at radius 1 is 0.640 bits per heavy atom. The van der Waals surface area contributed by atoms with Crippen LogP contribution in [0.15, 0.2) is 72.9 Å². The van der Waals surface area contributed by atoms with Gasteiger partial charge in [0.05, 0.1) is 6.61 Å². The molecule has 1 saturated carbocycles. The Morgan fingerprint density at radius 2 is 1.20 bits per heavy atom. The average molecular weight is 729 g/mol. The maximum atomic E-state index is 12.7. The topological polar surface area (TPSA) is 210 Å². The number of hydrogen-bond acceptors (Lipinski definition) is 12. The van der Waals surface area contributed by atoms with Gasteiger partial charge < -0.3 is 39.9 Å². The third-order valence-corrected chi connectivity index (χ3v) is 8.41. The smallest absolute Gasteiger partial charge is 0.462 e. The van der Waals surface area contributed by atoms with Gasteiger partial charge in [-0.05, 0) is 38.5 Å². The van der Waals surface area contributed by atoms with Crippen LogP contribution in [0.25, 0.3) is 0 Å². The van der Waals surface area contributed by atoms with Crippen molar-refractivity contribution in [3.05, 3.63) is 72.9 Å². The van der Waals surface area contributed by atoms with E-state index < -0.39 is 75.7 Å². The molecule has 50 heavy (non-hydrogen) atoms. The highest BCUT2D eigenvalue weighted by Crippen LogP contribution is 2.47. The van der Waals surface area contributed by atoms with Crippen molar-refractivity contribution in [1.29, 1.82) is 0 Å². The molecule has 0 aromatic carbocycles. The van der Waals surface area contributed by atoms with Gasteiger partial charge in [0.1, 0.15) is 43.2 Å². The molecule has 0 radical (unpaired) electrons. The summed E-state index contributed by atoms with van der Waals surface area (Å²) in [5, 5.41) is 49.7. The van der Waals surface area contributed by atoms with E-state index in [-0.39, 0.29) is 12.8 Å². The molecule has 1 aliphatic rings. The molecule has 1 fully saturated rings. The van der Waals surface area contributed by atoms with Crippen LogP contribution in [0.2, 0.25) is 0 Å². The van der Waals surface area contributed by atoms with Crippen LogP contribution in [-0.2, 0) is 32.7 Å². The van der Waals surface area contributed by atoms with Crippen LogP contribution in [0.3, 0.4) is 0 Å². The molecule has 1 rings (SSSR count). The lowest BCUT2D eigenvalue weighted by atomic mass is 9.85. The zero-order valence-corrected chi connectivity index (χ0v) is 30.0. The lowest BCUT2D eigenvalue weighted by Gasteiger charge is -2.41. The summed E-state index contributed by atoms with van der Waals surface area (Å²) in [7, 11) is -5.13. The molecule has 284 valence electrons. The number of hydrogen-bond donors (Lipinski definition) is 6. The van der Waals surface area contributed by atoms with E-state index in [1.165, 1.54) is 6.42 Å². The van der Waals surface area contributed by atoms with Crippen molar-refractivity contribution in [1.82, 2.24) is 0 Å². The highest BCUT2D eigenvalue weighted by molar-refractivity contribution is 7.47. The van der Waals surface area contributed by atoms with Crippen molar-refractivity contribution < 1.29 is 63.1 Å². The lowest BCUT2D eigenvalue weighted by Crippen LogP contribution is -2.64. The molecule has 8 atom stereocenters. The fourth-order valence-corrected chi connectivity index (χ4v) is 5.54. The van der Waals surface area contributed by atoms with Crippen LogP contribution >= 0.6 is 7.82 Å². The highest BCUT2D eigenvalue weighted by atomic mass is 31.2. The van der Waals surface area contributed by atoms with Crippen LogP contribution < -0.4 is 0 Å². The number of esters is 2. The van der Waals surface area contributed by atoms with E-state index in [0.29, 0.717) is 19.3 Å². The minimum absolute atomic E-state index is 0.0105. The Hall–Kier alpha value is -2.71. The van der Waals surface area contributed by atoms with Gasteiger partial charge in [0, 0.05) is 12.8 Å². The Bertz CT molecular complexity index is 1160. The summed E-state index contributed by atoms with van der Waals surface area (Å²) in [6, 6.07) is 0. The fraction of sp³-hybridized carbons (Fsp3) is 0.611. The molecule has 0 aromatic rings. The maximum Gasteiger partial charge on any atom is 0.472 e. The molecule has 0 aromatic heterocycles. The first kappa shape index (κ1) is 45.3. The SMILES string of the molecule is CC/C=C/C=C/C=C/C=C/C=C/CCCC(=O)OC(COC(=O)CC/C=C/CCCCCC)COP(=O)(O)OC1C(O)C(O)C(O)[C@@H](O)C1O. The van der Waals surface area contributed by atoms with Gasteiger partial charge in [-0.1, -0.05) is 106 Å². The van der Waals surface area contributed by atoms with Gasteiger partial charge in [-0.15, -0.1) is 0 Å². The highest BCUT2D eigenvalue weighted by Gasteiger charge is 2.51. The van der Waals surface area contributed by atoms with E-state index in [0.717, 1.165) is 32.1 Å². The molecule has 0 saturated heterocycles. The van der Waals surface area contributed by atoms with E-state index in [1.807, 2.05) is 72.9 Å². The van der Waals surface area contributed by atoms with E-state index in [1.54, 1.807) is 0 Å². The molecule has 0 aliphatic heterocycles. The number of rotatable bonds is 25. The Kier molecular flexibility index (Phi) is 24.5. The normalized spacial score (nSPS) is 25.0. The van der Waals surface area contributed by atoms with Crippen molar-refractivity contribution in [3.63, 3.8) is 0 Å². The summed E-state index contributed by atoms with van der Waals surface area (Å²) >= 11 is 0. The molecule has 1 aliphatic carbocycles. The van der Waals surface area contributed by atoms with Crippen LogP contribution in [0.4, 0.5) is 0 Å². The molecular formula is C36H57O13P. The van der Waals surface area contributed by atoms with Crippen molar-refractivity contribution in [3.8, 4) is 0 Å². The van der Waals surface area contributed by atoms with E-state index in [9.17, 15) is 44.6 Å².